The number of fused-ring (bicyclic) bond motifs is 1. The number of carbonyl (C=O) groups is 1. The molecule has 176 valence electrons. The fourth-order valence-electron chi connectivity index (χ4n) is 4.82. The fourth-order valence-corrected chi connectivity index (χ4v) is 5.74. The van der Waals surface area contributed by atoms with Crippen LogP contribution in [0.25, 0.3) is 0 Å². The summed E-state index contributed by atoms with van der Waals surface area (Å²) in [5.41, 5.74) is 1.93. The van der Waals surface area contributed by atoms with E-state index >= 15 is 0 Å². The molecule has 6 nitrogen and oxygen atoms in total. The number of ketones is 1. The predicted molar refractivity (Wildman–Crippen MR) is 119 cm³/mol. The number of hydrogen-bond acceptors (Lipinski definition) is 6. The van der Waals surface area contributed by atoms with E-state index in [1.54, 1.807) is 4.68 Å². The molecule has 0 aromatic carbocycles. The van der Waals surface area contributed by atoms with Gasteiger partial charge in [-0.05, 0) is 57.1 Å². The van der Waals surface area contributed by atoms with Crippen LogP contribution in [0.5, 0.6) is 5.19 Å². The van der Waals surface area contributed by atoms with Crippen LogP contribution in [-0.4, -0.2) is 51.6 Å². The fraction of sp³-hybridized carbons (Fsp3) is 0.696. The molecule has 0 atom stereocenters. The summed E-state index contributed by atoms with van der Waals surface area (Å²) in [7, 11) is 0. The molecule has 2 aromatic heterocycles. The Morgan fingerprint density at radius 3 is 2.78 bits per heavy atom. The molecule has 2 aromatic rings. The van der Waals surface area contributed by atoms with Gasteiger partial charge in [-0.2, -0.15) is 5.10 Å². The number of rotatable bonds is 10. The van der Waals surface area contributed by atoms with Crippen LogP contribution < -0.4 is 4.74 Å². The summed E-state index contributed by atoms with van der Waals surface area (Å²) in [6.45, 7) is 4.53. The number of thiazole rings is 1. The zero-order valence-corrected chi connectivity index (χ0v) is 19.5. The summed E-state index contributed by atoms with van der Waals surface area (Å²) in [4.78, 5) is 20.4. The topological polar surface area (TPSA) is 60.2 Å². The first kappa shape index (κ1) is 23.3. The Kier molecular flexibility index (Phi) is 7.88. The van der Waals surface area contributed by atoms with Crippen molar-refractivity contribution in [2.24, 2.45) is 11.8 Å². The summed E-state index contributed by atoms with van der Waals surface area (Å²) < 4.78 is 31.5. The molecule has 0 spiro atoms. The van der Waals surface area contributed by atoms with Gasteiger partial charge in [-0.3, -0.25) is 14.4 Å². The number of halogens is 2. The second kappa shape index (κ2) is 10.8. The first-order valence-corrected chi connectivity index (χ1v) is 12.4. The van der Waals surface area contributed by atoms with E-state index in [0.717, 1.165) is 56.2 Å². The van der Waals surface area contributed by atoms with Crippen molar-refractivity contribution < 1.29 is 18.3 Å². The minimum atomic E-state index is -2.47. The first-order valence-electron chi connectivity index (χ1n) is 11.6. The summed E-state index contributed by atoms with van der Waals surface area (Å²) in [5.74, 6) is 1.51. The van der Waals surface area contributed by atoms with Crippen LogP contribution in [0.3, 0.4) is 0 Å². The summed E-state index contributed by atoms with van der Waals surface area (Å²) in [6, 6.07) is 1.93. The number of ether oxygens (including phenoxy) is 1. The van der Waals surface area contributed by atoms with Gasteiger partial charge in [-0.25, -0.2) is 13.8 Å². The molecule has 2 aliphatic rings. The Hall–Kier alpha value is -1.87. The number of alkyl halides is 2. The highest BCUT2D eigenvalue weighted by atomic mass is 32.1. The van der Waals surface area contributed by atoms with Crippen molar-refractivity contribution in [1.29, 1.82) is 0 Å². The van der Waals surface area contributed by atoms with Crippen LogP contribution in [0, 0.1) is 18.8 Å². The van der Waals surface area contributed by atoms with Crippen LogP contribution in [0.1, 0.15) is 54.8 Å². The lowest BCUT2D eigenvalue weighted by Gasteiger charge is -2.31. The Balaban J connectivity index is 1.14. The maximum atomic E-state index is 12.4. The van der Waals surface area contributed by atoms with Gasteiger partial charge in [-0.1, -0.05) is 24.2 Å². The molecule has 0 amide bonds. The van der Waals surface area contributed by atoms with E-state index < -0.39 is 13.0 Å². The van der Waals surface area contributed by atoms with Gasteiger partial charge in [0.1, 0.15) is 0 Å². The van der Waals surface area contributed by atoms with Crippen molar-refractivity contribution in [3.8, 4) is 5.19 Å². The van der Waals surface area contributed by atoms with Crippen molar-refractivity contribution >= 4 is 17.1 Å². The molecule has 0 N–H and O–H groups in total. The average molecular weight is 467 g/mol. The molecule has 1 fully saturated rings. The standard InChI is InChI=1S/C23H32F2N4O2S/c1-16-6-11-29(27-16)13-19(30)12-18-4-2-17(3-5-18)7-9-28-10-8-21-20(14-28)26-23(32-21)31-15-22(24)25/h6,11,17-18,22H,2-5,7-10,12-15H2,1H3. The molecular weight excluding hydrogens is 434 g/mol. The number of Topliss-reactive ketones (excluding diaryl/α,β-unsaturated/α-hetero) is 1. The zero-order valence-electron chi connectivity index (χ0n) is 18.6. The van der Waals surface area contributed by atoms with Crippen molar-refractivity contribution in [3.63, 3.8) is 0 Å². The molecule has 0 unspecified atom stereocenters. The number of aryl methyl sites for hydroxylation is 1. The minimum absolute atomic E-state index is 0.279. The monoisotopic (exact) mass is 466 g/mol. The van der Waals surface area contributed by atoms with Gasteiger partial charge in [0.05, 0.1) is 17.9 Å². The molecule has 9 heteroatoms. The van der Waals surface area contributed by atoms with E-state index in [4.69, 9.17) is 4.74 Å². The third-order valence-corrected chi connectivity index (χ3v) is 7.64. The van der Waals surface area contributed by atoms with E-state index in [9.17, 15) is 13.6 Å². The largest absolute Gasteiger partial charge is 0.464 e. The lowest BCUT2D eigenvalue weighted by atomic mass is 9.78. The lowest BCUT2D eigenvalue weighted by molar-refractivity contribution is -0.121. The number of carbonyl (C=O) groups excluding carboxylic acids is 1. The van der Waals surface area contributed by atoms with Crippen LogP contribution in [0.15, 0.2) is 12.3 Å². The predicted octanol–water partition coefficient (Wildman–Crippen LogP) is 4.51. The van der Waals surface area contributed by atoms with Gasteiger partial charge in [0.2, 0.25) is 0 Å². The van der Waals surface area contributed by atoms with Crippen LogP contribution in [-0.2, 0) is 24.3 Å². The smallest absolute Gasteiger partial charge is 0.273 e. The SMILES string of the molecule is Cc1ccn(CC(=O)CC2CCC(CCN3CCc4sc(OCC(F)F)nc4C3)CC2)n1. The molecule has 32 heavy (non-hydrogen) atoms. The third kappa shape index (κ3) is 6.57. The Morgan fingerprint density at radius 1 is 1.28 bits per heavy atom. The van der Waals surface area contributed by atoms with Crippen molar-refractivity contribution in [2.45, 2.75) is 71.4 Å². The van der Waals surface area contributed by atoms with Gasteiger partial charge in [0.15, 0.2) is 12.4 Å². The summed E-state index contributed by atoms with van der Waals surface area (Å²) in [6.07, 6.45) is 6.81. The third-order valence-electron chi connectivity index (χ3n) is 6.57. The van der Waals surface area contributed by atoms with Gasteiger partial charge >= 0.3 is 0 Å². The highest BCUT2D eigenvalue weighted by Gasteiger charge is 2.26. The molecule has 4 rings (SSSR count). The van der Waals surface area contributed by atoms with E-state index in [0.29, 0.717) is 24.1 Å². The number of hydrogen-bond donors (Lipinski definition) is 0. The van der Waals surface area contributed by atoms with E-state index in [-0.39, 0.29) is 5.78 Å². The zero-order chi connectivity index (χ0) is 22.5. The van der Waals surface area contributed by atoms with Gasteiger partial charge in [-0.15, -0.1) is 0 Å². The van der Waals surface area contributed by atoms with E-state index in [1.807, 2.05) is 19.2 Å². The molecular formula is C23H32F2N4O2S. The number of nitrogens with zero attached hydrogens (tertiary/aromatic N) is 4. The summed E-state index contributed by atoms with van der Waals surface area (Å²) in [5, 5.41) is 4.67. The quantitative estimate of drug-likeness (QED) is 0.516. The molecule has 1 saturated carbocycles. The first-order chi connectivity index (χ1) is 15.4. The molecule has 1 aliphatic heterocycles. The van der Waals surface area contributed by atoms with Crippen LogP contribution in [0.2, 0.25) is 0 Å². The minimum Gasteiger partial charge on any atom is -0.464 e. The van der Waals surface area contributed by atoms with Crippen molar-refractivity contribution in [1.82, 2.24) is 19.7 Å². The highest BCUT2D eigenvalue weighted by molar-refractivity contribution is 7.13. The van der Waals surface area contributed by atoms with E-state index in [2.05, 4.69) is 15.0 Å². The molecule has 0 saturated heterocycles. The molecule has 3 heterocycles. The second-order valence-corrected chi connectivity index (χ2v) is 10.2. The van der Waals surface area contributed by atoms with Crippen LogP contribution >= 0.6 is 11.3 Å². The van der Waals surface area contributed by atoms with Crippen LogP contribution in [0.4, 0.5) is 8.78 Å². The Labute approximate surface area is 192 Å². The van der Waals surface area contributed by atoms with Gasteiger partial charge < -0.3 is 4.74 Å². The van der Waals surface area contributed by atoms with Crippen molar-refractivity contribution in [2.75, 3.05) is 19.7 Å². The molecule has 0 radical (unpaired) electrons. The molecule has 1 aliphatic carbocycles. The Bertz CT molecular complexity index is 892. The summed E-state index contributed by atoms with van der Waals surface area (Å²) >= 11 is 1.41. The second-order valence-electron chi connectivity index (χ2n) is 9.15. The van der Waals surface area contributed by atoms with Crippen molar-refractivity contribution in [3.05, 3.63) is 28.5 Å². The maximum Gasteiger partial charge on any atom is 0.273 e. The average Bonchev–Trinajstić information content (AvgIpc) is 3.36. The maximum absolute atomic E-state index is 12.4. The number of aromatic nitrogens is 3. The lowest BCUT2D eigenvalue weighted by Crippen LogP contribution is -2.32. The highest BCUT2D eigenvalue weighted by Crippen LogP contribution is 2.34. The Morgan fingerprint density at radius 2 is 2.06 bits per heavy atom. The normalized spacial score (nSPS) is 21.6. The van der Waals surface area contributed by atoms with E-state index in [1.165, 1.54) is 35.5 Å². The van der Waals surface area contributed by atoms with Gasteiger partial charge in [0.25, 0.3) is 11.6 Å². The van der Waals surface area contributed by atoms with Gasteiger partial charge in [0, 0.05) is 30.6 Å². The molecule has 0 bridgehead atoms.